The number of guanidine groups is 1. The van der Waals surface area contributed by atoms with Crippen LogP contribution in [0.15, 0.2) is 23.2 Å². The van der Waals surface area contributed by atoms with Crippen molar-refractivity contribution in [3.8, 4) is 0 Å². The van der Waals surface area contributed by atoms with E-state index in [4.69, 9.17) is 4.74 Å². The van der Waals surface area contributed by atoms with Gasteiger partial charge in [-0.15, -0.1) is 0 Å². The van der Waals surface area contributed by atoms with Crippen LogP contribution in [0.1, 0.15) is 11.6 Å². The highest BCUT2D eigenvalue weighted by atomic mass is 19.2. The van der Waals surface area contributed by atoms with Gasteiger partial charge in [0.05, 0.1) is 13.2 Å². The Labute approximate surface area is 108 Å². The van der Waals surface area contributed by atoms with Crippen LogP contribution in [0.5, 0.6) is 0 Å². The molecule has 1 aliphatic rings. The number of carbonyl (C=O) groups is 1. The number of nitrogens with one attached hydrogen (secondary N) is 2. The summed E-state index contributed by atoms with van der Waals surface area (Å²) in [7, 11) is 1.55. The molecule has 19 heavy (non-hydrogen) atoms. The quantitative estimate of drug-likeness (QED) is 0.792. The SMILES string of the molecule is COCCN=C1NC(=O)C(c2ccc(F)c(F)c2)N1. The van der Waals surface area contributed by atoms with Gasteiger partial charge in [-0.2, -0.15) is 0 Å². The van der Waals surface area contributed by atoms with Gasteiger partial charge in [0.2, 0.25) is 0 Å². The van der Waals surface area contributed by atoms with E-state index in [0.717, 1.165) is 12.1 Å². The molecule has 1 atom stereocenters. The summed E-state index contributed by atoms with van der Waals surface area (Å²) < 4.78 is 30.8. The molecule has 2 rings (SSSR count). The first-order valence-electron chi connectivity index (χ1n) is 5.67. The Balaban J connectivity index is 2.11. The van der Waals surface area contributed by atoms with Crippen molar-refractivity contribution in [3.05, 3.63) is 35.4 Å². The summed E-state index contributed by atoms with van der Waals surface area (Å²) in [4.78, 5) is 15.8. The van der Waals surface area contributed by atoms with Gasteiger partial charge in [-0.05, 0) is 17.7 Å². The number of aliphatic imine (C=N–C) groups is 1. The van der Waals surface area contributed by atoms with Gasteiger partial charge in [0.25, 0.3) is 5.91 Å². The van der Waals surface area contributed by atoms with E-state index in [0.29, 0.717) is 24.7 Å². The molecule has 1 unspecified atom stereocenters. The first-order valence-corrected chi connectivity index (χ1v) is 5.67. The third-order valence-electron chi connectivity index (χ3n) is 2.63. The number of ether oxygens (including phenoxy) is 1. The van der Waals surface area contributed by atoms with Crippen molar-refractivity contribution in [1.82, 2.24) is 10.6 Å². The Hall–Kier alpha value is -2.02. The summed E-state index contributed by atoms with van der Waals surface area (Å²) in [5.41, 5.74) is 0.341. The molecule has 1 aromatic carbocycles. The average molecular weight is 269 g/mol. The van der Waals surface area contributed by atoms with Crippen LogP contribution in [0.3, 0.4) is 0 Å². The van der Waals surface area contributed by atoms with Gasteiger partial charge < -0.3 is 10.1 Å². The van der Waals surface area contributed by atoms with Gasteiger partial charge in [0.1, 0.15) is 6.04 Å². The summed E-state index contributed by atoms with van der Waals surface area (Å²) in [6, 6.07) is 2.56. The van der Waals surface area contributed by atoms with Gasteiger partial charge >= 0.3 is 0 Å². The monoisotopic (exact) mass is 269 g/mol. The van der Waals surface area contributed by atoms with Crippen molar-refractivity contribution in [3.63, 3.8) is 0 Å². The summed E-state index contributed by atoms with van der Waals surface area (Å²) in [5.74, 6) is -1.99. The molecule has 102 valence electrons. The molecular formula is C12H13F2N3O2. The number of hydrogen-bond acceptors (Lipinski definition) is 3. The Morgan fingerprint density at radius 1 is 1.37 bits per heavy atom. The molecule has 1 fully saturated rings. The van der Waals surface area contributed by atoms with Crippen molar-refractivity contribution in [2.24, 2.45) is 4.99 Å². The van der Waals surface area contributed by atoms with E-state index in [1.807, 2.05) is 0 Å². The predicted molar refractivity (Wildman–Crippen MR) is 64.6 cm³/mol. The molecule has 0 bridgehead atoms. The van der Waals surface area contributed by atoms with E-state index < -0.39 is 17.7 Å². The third kappa shape index (κ3) is 3.05. The molecule has 1 aliphatic heterocycles. The Morgan fingerprint density at radius 2 is 2.16 bits per heavy atom. The summed E-state index contributed by atoms with van der Waals surface area (Å²) in [6.07, 6.45) is 0. The zero-order valence-electron chi connectivity index (χ0n) is 10.2. The summed E-state index contributed by atoms with van der Waals surface area (Å²) in [5, 5.41) is 5.33. The lowest BCUT2D eigenvalue weighted by Gasteiger charge is -2.08. The summed E-state index contributed by atoms with van der Waals surface area (Å²) in [6.45, 7) is 0.820. The molecule has 0 radical (unpaired) electrons. The highest BCUT2D eigenvalue weighted by Gasteiger charge is 2.30. The molecule has 0 saturated carbocycles. The van der Waals surface area contributed by atoms with E-state index in [-0.39, 0.29) is 5.91 Å². The van der Waals surface area contributed by atoms with Crippen LogP contribution in [0.2, 0.25) is 0 Å². The van der Waals surface area contributed by atoms with E-state index >= 15 is 0 Å². The van der Waals surface area contributed by atoms with E-state index in [2.05, 4.69) is 15.6 Å². The molecule has 0 aliphatic carbocycles. The number of halogens is 2. The number of nitrogens with zero attached hydrogens (tertiary/aromatic N) is 1. The van der Waals surface area contributed by atoms with Crippen LogP contribution < -0.4 is 10.6 Å². The third-order valence-corrected chi connectivity index (χ3v) is 2.63. The maximum atomic E-state index is 13.1. The van der Waals surface area contributed by atoms with Crippen molar-refractivity contribution >= 4 is 11.9 Å². The minimum atomic E-state index is -0.989. The Morgan fingerprint density at radius 3 is 2.84 bits per heavy atom. The molecule has 1 amide bonds. The second kappa shape index (κ2) is 5.75. The van der Waals surface area contributed by atoms with E-state index in [1.165, 1.54) is 6.07 Å². The van der Waals surface area contributed by atoms with Crippen LogP contribution in [0.25, 0.3) is 0 Å². The zero-order chi connectivity index (χ0) is 13.8. The van der Waals surface area contributed by atoms with Gasteiger partial charge in [0.15, 0.2) is 17.6 Å². The minimum Gasteiger partial charge on any atom is -0.383 e. The van der Waals surface area contributed by atoms with Crippen LogP contribution in [0.4, 0.5) is 8.78 Å². The number of hydrogen-bond donors (Lipinski definition) is 2. The normalized spacial score (nSPS) is 20.5. The first kappa shape index (κ1) is 13.4. The molecule has 1 heterocycles. The Kier molecular flexibility index (Phi) is 4.06. The lowest BCUT2D eigenvalue weighted by atomic mass is 10.1. The zero-order valence-corrected chi connectivity index (χ0v) is 10.2. The number of rotatable bonds is 4. The molecule has 2 N–H and O–H groups in total. The molecule has 5 nitrogen and oxygen atoms in total. The standard InChI is InChI=1S/C12H13F2N3O2/c1-19-5-4-15-12-16-10(11(18)17-12)7-2-3-8(13)9(14)6-7/h2-3,6,10H,4-5H2,1H3,(H2,15,16,17,18). The highest BCUT2D eigenvalue weighted by Crippen LogP contribution is 2.19. The Bertz CT molecular complexity index is 520. The van der Waals surface area contributed by atoms with E-state index in [1.54, 1.807) is 7.11 Å². The number of methoxy groups -OCH3 is 1. The maximum Gasteiger partial charge on any atom is 0.253 e. The smallest absolute Gasteiger partial charge is 0.253 e. The average Bonchev–Trinajstić information content (AvgIpc) is 2.74. The lowest BCUT2D eigenvalue weighted by molar-refractivity contribution is -0.120. The molecule has 7 heteroatoms. The minimum absolute atomic E-state index is 0.303. The first-order chi connectivity index (χ1) is 9.11. The molecule has 1 saturated heterocycles. The molecular weight excluding hydrogens is 256 g/mol. The van der Waals surface area contributed by atoms with Crippen LogP contribution in [-0.2, 0) is 9.53 Å². The topological polar surface area (TPSA) is 62.7 Å². The predicted octanol–water partition coefficient (Wildman–Crippen LogP) is 0.728. The highest BCUT2D eigenvalue weighted by molar-refractivity contribution is 6.06. The molecule has 1 aromatic rings. The second-order valence-corrected chi connectivity index (χ2v) is 3.96. The second-order valence-electron chi connectivity index (χ2n) is 3.96. The summed E-state index contributed by atoms with van der Waals surface area (Å²) >= 11 is 0. The lowest BCUT2D eigenvalue weighted by Crippen LogP contribution is -2.26. The number of benzene rings is 1. The van der Waals surface area contributed by atoms with Gasteiger partial charge in [-0.3, -0.25) is 15.1 Å². The fourth-order valence-corrected chi connectivity index (χ4v) is 1.69. The van der Waals surface area contributed by atoms with Crippen molar-refractivity contribution < 1.29 is 18.3 Å². The fourth-order valence-electron chi connectivity index (χ4n) is 1.69. The van der Waals surface area contributed by atoms with Gasteiger partial charge in [0, 0.05) is 7.11 Å². The van der Waals surface area contributed by atoms with Gasteiger partial charge in [-0.1, -0.05) is 6.07 Å². The van der Waals surface area contributed by atoms with Crippen LogP contribution in [0, 0.1) is 11.6 Å². The molecule has 0 spiro atoms. The van der Waals surface area contributed by atoms with Crippen LogP contribution >= 0.6 is 0 Å². The van der Waals surface area contributed by atoms with Crippen molar-refractivity contribution in [2.75, 3.05) is 20.3 Å². The van der Waals surface area contributed by atoms with E-state index in [9.17, 15) is 13.6 Å². The van der Waals surface area contributed by atoms with Gasteiger partial charge in [-0.25, -0.2) is 8.78 Å². The fraction of sp³-hybridized carbons (Fsp3) is 0.333. The van der Waals surface area contributed by atoms with Crippen molar-refractivity contribution in [2.45, 2.75) is 6.04 Å². The van der Waals surface area contributed by atoms with Crippen LogP contribution in [-0.4, -0.2) is 32.1 Å². The van der Waals surface area contributed by atoms with Crippen molar-refractivity contribution in [1.29, 1.82) is 0 Å². The maximum absolute atomic E-state index is 13.1. The number of carbonyl (C=O) groups excluding carboxylic acids is 1. The largest absolute Gasteiger partial charge is 0.383 e. The number of amides is 1. The molecule has 0 aromatic heterocycles.